The van der Waals surface area contributed by atoms with Crippen LogP contribution in [0.25, 0.3) is 0 Å². The molecule has 0 bridgehead atoms. The molecule has 1 rings (SSSR count). The van der Waals surface area contributed by atoms with E-state index in [1.807, 2.05) is 6.92 Å². The number of hydrogen-bond acceptors (Lipinski definition) is 4. The summed E-state index contributed by atoms with van der Waals surface area (Å²) in [4.78, 5) is 0.967. The minimum atomic E-state index is -0.955. The zero-order valence-corrected chi connectivity index (χ0v) is 9.56. The van der Waals surface area contributed by atoms with Crippen LogP contribution in [0.4, 0.5) is 0 Å². The van der Waals surface area contributed by atoms with Gasteiger partial charge in [0.1, 0.15) is 30.9 Å². The van der Waals surface area contributed by atoms with Crippen molar-refractivity contribution in [1.82, 2.24) is 0 Å². The van der Waals surface area contributed by atoms with Crippen LogP contribution in [0.3, 0.4) is 0 Å². The molecule has 1 heterocycles. The van der Waals surface area contributed by atoms with E-state index in [1.54, 1.807) is 0 Å². The zero-order valence-electron chi connectivity index (χ0n) is 8.80. The number of nitrogens with one attached hydrogen (secondary N) is 1. The molecule has 5 nitrogen and oxygen atoms in total. The predicted molar refractivity (Wildman–Crippen MR) is 49.9 cm³/mol. The highest BCUT2D eigenvalue weighted by Crippen LogP contribution is 2.07. The Morgan fingerprint density at radius 2 is 2.00 bits per heavy atom. The Hall–Kier alpha value is 0.0900. The second-order valence-corrected chi connectivity index (χ2v) is 3.95. The van der Waals surface area contributed by atoms with Crippen molar-refractivity contribution in [2.24, 2.45) is 0 Å². The molecule has 6 heteroatoms. The van der Waals surface area contributed by atoms with Crippen LogP contribution >= 0.6 is 0 Å². The molecule has 0 radical (unpaired) electrons. The van der Waals surface area contributed by atoms with Crippen LogP contribution in [0.1, 0.15) is 13.3 Å². The van der Waals surface area contributed by atoms with Gasteiger partial charge in [-0.2, -0.15) is 0 Å². The van der Waals surface area contributed by atoms with Crippen LogP contribution in [-0.4, -0.2) is 64.5 Å². The number of quaternary nitrogens is 1. The first-order valence-corrected chi connectivity index (χ1v) is 5.11. The predicted octanol–water partition coefficient (Wildman–Crippen LogP) is -6.26. The summed E-state index contributed by atoms with van der Waals surface area (Å²) in [5.41, 5.74) is 0. The molecule has 1 saturated heterocycles. The highest BCUT2D eigenvalue weighted by molar-refractivity contribution is 4.85. The first-order chi connectivity index (χ1) is 6.61. The molecule has 0 aliphatic carbocycles. The van der Waals surface area contributed by atoms with E-state index in [0.29, 0.717) is 6.54 Å². The Morgan fingerprint density at radius 3 is 2.47 bits per heavy atom. The molecule has 0 amide bonds. The van der Waals surface area contributed by atoms with Crippen LogP contribution in [0.15, 0.2) is 0 Å². The Morgan fingerprint density at radius 1 is 1.40 bits per heavy atom. The van der Waals surface area contributed by atoms with E-state index >= 15 is 0 Å². The largest absolute Gasteiger partial charge is 1.00 e. The Bertz CT molecular complexity index is 183. The summed E-state index contributed by atoms with van der Waals surface area (Å²) in [5, 5.41) is 37.4. The Kier molecular flexibility index (Phi) is 6.66. The number of likely N-dealkylation sites (tertiary alicyclic amines) is 1. The summed E-state index contributed by atoms with van der Waals surface area (Å²) >= 11 is 0. The lowest BCUT2D eigenvalue weighted by atomic mass is 10.1. The number of hydrogen-bond donors (Lipinski definition) is 5. The molecule has 0 aromatic heterocycles. The van der Waals surface area contributed by atoms with E-state index in [-0.39, 0.29) is 19.0 Å². The molecule has 92 valence electrons. The average molecular weight is 242 g/mol. The van der Waals surface area contributed by atoms with Gasteiger partial charge < -0.3 is 37.7 Å². The molecule has 0 saturated carbocycles. The molecule has 0 aromatic rings. The topological polar surface area (TPSA) is 85.4 Å². The Balaban J connectivity index is 0.00000196. The summed E-state index contributed by atoms with van der Waals surface area (Å²) in [6.45, 7) is 2.86. The molecule has 1 aliphatic heterocycles. The Labute approximate surface area is 95.7 Å². The number of aliphatic hydroxyl groups is 4. The summed E-state index contributed by atoms with van der Waals surface area (Å²) < 4.78 is 0. The van der Waals surface area contributed by atoms with Gasteiger partial charge in [0.15, 0.2) is 0 Å². The van der Waals surface area contributed by atoms with E-state index in [4.69, 9.17) is 5.11 Å². The van der Waals surface area contributed by atoms with Gasteiger partial charge in [0.25, 0.3) is 0 Å². The van der Waals surface area contributed by atoms with Crippen LogP contribution < -0.4 is 17.3 Å². The highest BCUT2D eigenvalue weighted by Gasteiger charge is 2.46. The third-order valence-corrected chi connectivity index (χ3v) is 2.88. The van der Waals surface area contributed by atoms with E-state index in [9.17, 15) is 15.3 Å². The van der Waals surface area contributed by atoms with Gasteiger partial charge in [-0.15, -0.1) is 0 Å². The van der Waals surface area contributed by atoms with Gasteiger partial charge in [0.05, 0.1) is 13.2 Å². The van der Waals surface area contributed by atoms with Crippen molar-refractivity contribution in [2.75, 3.05) is 19.7 Å². The summed E-state index contributed by atoms with van der Waals surface area (Å²) in [6.07, 6.45) is -1.76. The fourth-order valence-electron chi connectivity index (χ4n) is 2.21. The van der Waals surface area contributed by atoms with E-state index < -0.39 is 24.4 Å². The van der Waals surface area contributed by atoms with Gasteiger partial charge in [-0.25, -0.2) is 0 Å². The average Bonchev–Trinajstić information content (AvgIpc) is 2.43. The molecular formula is C9H20ClNO4. The van der Waals surface area contributed by atoms with Gasteiger partial charge >= 0.3 is 0 Å². The molecule has 0 aromatic carbocycles. The van der Waals surface area contributed by atoms with Gasteiger partial charge in [-0.05, 0) is 6.42 Å². The van der Waals surface area contributed by atoms with Crippen molar-refractivity contribution < 1.29 is 37.7 Å². The van der Waals surface area contributed by atoms with Crippen molar-refractivity contribution in [3.63, 3.8) is 0 Å². The first-order valence-electron chi connectivity index (χ1n) is 5.11. The SMILES string of the molecule is CCC[NH+]1C[C@@H](O)[C@@H](O)[C@@H]1[C@H](O)CO.[Cl-]. The molecule has 0 spiro atoms. The number of aliphatic hydroxyl groups excluding tert-OH is 4. The molecule has 15 heavy (non-hydrogen) atoms. The monoisotopic (exact) mass is 241 g/mol. The molecule has 5 N–H and O–H groups in total. The third kappa shape index (κ3) is 3.27. The van der Waals surface area contributed by atoms with Crippen LogP contribution in [0.2, 0.25) is 0 Å². The lowest BCUT2D eigenvalue weighted by Crippen LogP contribution is -3.16. The smallest absolute Gasteiger partial charge is 0.145 e. The minimum absolute atomic E-state index is 0. The maximum atomic E-state index is 9.61. The number of halogens is 1. The molecule has 5 atom stereocenters. The molecule has 1 unspecified atom stereocenters. The van der Waals surface area contributed by atoms with Crippen LogP contribution in [-0.2, 0) is 0 Å². The van der Waals surface area contributed by atoms with E-state index in [2.05, 4.69) is 0 Å². The van der Waals surface area contributed by atoms with Crippen molar-refractivity contribution in [3.05, 3.63) is 0 Å². The first kappa shape index (κ1) is 15.1. The lowest BCUT2D eigenvalue weighted by molar-refractivity contribution is -0.918. The fraction of sp³-hybridized carbons (Fsp3) is 1.00. The van der Waals surface area contributed by atoms with Crippen molar-refractivity contribution in [2.45, 2.75) is 37.7 Å². The maximum absolute atomic E-state index is 9.61. The van der Waals surface area contributed by atoms with E-state index in [1.165, 1.54) is 0 Å². The van der Waals surface area contributed by atoms with E-state index in [0.717, 1.165) is 17.9 Å². The van der Waals surface area contributed by atoms with Gasteiger partial charge in [-0.1, -0.05) is 6.92 Å². The summed E-state index contributed by atoms with van der Waals surface area (Å²) in [7, 11) is 0. The lowest BCUT2D eigenvalue weighted by Gasteiger charge is -2.25. The van der Waals surface area contributed by atoms with Crippen molar-refractivity contribution >= 4 is 0 Å². The molecule has 1 aliphatic rings. The number of rotatable bonds is 4. The van der Waals surface area contributed by atoms with Gasteiger partial charge in [-0.3, -0.25) is 0 Å². The van der Waals surface area contributed by atoms with Crippen LogP contribution in [0, 0.1) is 0 Å². The standard InChI is InChI=1S/C9H19NO4.ClH/c1-2-3-10-4-6(12)9(14)8(10)7(13)5-11;/h6-9,11-14H,2-5H2,1H3;1H/t6-,7-,8+,9-;/m1./s1. The third-order valence-electron chi connectivity index (χ3n) is 2.88. The maximum Gasteiger partial charge on any atom is 0.145 e. The van der Waals surface area contributed by atoms with Crippen LogP contribution in [0.5, 0.6) is 0 Å². The van der Waals surface area contributed by atoms with Gasteiger partial charge in [0, 0.05) is 0 Å². The van der Waals surface area contributed by atoms with Crippen molar-refractivity contribution in [3.8, 4) is 0 Å². The molecular weight excluding hydrogens is 222 g/mol. The molecule has 1 fully saturated rings. The van der Waals surface area contributed by atoms with Gasteiger partial charge in [0.2, 0.25) is 0 Å². The summed E-state index contributed by atoms with van der Waals surface area (Å²) in [6, 6.07) is -0.463. The fourth-order valence-corrected chi connectivity index (χ4v) is 2.21. The summed E-state index contributed by atoms with van der Waals surface area (Å²) in [5.74, 6) is 0. The second kappa shape index (κ2) is 6.62. The zero-order chi connectivity index (χ0) is 10.7. The van der Waals surface area contributed by atoms with Crippen molar-refractivity contribution in [1.29, 1.82) is 0 Å². The normalized spacial score (nSPS) is 37.4. The highest BCUT2D eigenvalue weighted by atomic mass is 35.5. The second-order valence-electron chi connectivity index (χ2n) is 3.95. The minimum Gasteiger partial charge on any atom is -1.00 e. The quantitative estimate of drug-likeness (QED) is 0.339.